The second-order valence-electron chi connectivity index (χ2n) is 8.87. The van der Waals surface area contributed by atoms with Crippen LogP contribution in [0, 0.1) is 0 Å². The van der Waals surface area contributed by atoms with E-state index in [1.165, 1.54) is 0 Å². The van der Waals surface area contributed by atoms with E-state index in [1.54, 1.807) is 7.11 Å². The summed E-state index contributed by atoms with van der Waals surface area (Å²) in [6.45, 7) is 2.92. The Morgan fingerprint density at radius 2 is 1.57 bits per heavy atom. The standard InChI is InChI=1S/C31H27N5O/c1-3-36-27-19-23(37-2)17-18-25(27)28(32)29(36)20-13-15-22(16-14-20)33-31-24-11-7-8-12-26(24)34-30(35-31)21-9-5-4-6-10-21/h4-19H,3,32H2,1-2H3,(H,33,34,35). The van der Waals surface area contributed by atoms with Gasteiger partial charge < -0.3 is 20.4 Å². The summed E-state index contributed by atoms with van der Waals surface area (Å²) in [5.74, 6) is 2.28. The molecule has 0 amide bonds. The van der Waals surface area contributed by atoms with Gasteiger partial charge in [-0.25, -0.2) is 9.97 Å². The summed E-state index contributed by atoms with van der Waals surface area (Å²) in [6.07, 6.45) is 0. The number of hydrogen-bond acceptors (Lipinski definition) is 5. The fourth-order valence-corrected chi connectivity index (χ4v) is 4.86. The maximum Gasteiger partial charge on any atom is 0.162 e. The molecule has 0 spiro atoms. The van der Waals surface area contributed by atoms with Crippen LogP contribution in [0.5, 0.6) is 5.75 Å². The van der Waals surface area contributed by atoms with E-state index < -0.39 is 0 Å². The lowest BCUT2D eigenvalue weighted by Crippen LogP contribution is -2.00. The molecule has 0 atom stereocenters. The number of nitrogens with zero attached hydrogens (tertiary/aromatic N) is 3. The summed E-state index contributed by atoms with van der Waals surface area (Å²) in [5, 5.41) is 5.51. The Kier molecular flexibility index (Phi) is 5.69. The molecule has 6 aromatic rings. The van der Waals surface area contributed by atoms with Crippen LogP contribution >= 0.6 is 0 Å². The zero-order chi connectivity index (χ0) is 25.4. The van der Waals surface area contributed by atoms with Gasteiger partial charge in [-0.3, -0.25) is 0 Å². The Morgan fingerprint density at radius 3 is 2.32 bits per heavy atom. The third-order valence-electron chi connectivity index (χ3n) is 6.68. The molecule has 0 aliphatic carbocycles. The molecule has 0 bridgehead atoms. The quantitative estimate of drug-likeness (QED) is 0.259. The number of nitrogens with one attached hydrogen (secondary N) is 1. The van der Waals surface area contributed by atoms with Crippen molar-refractivity contribution in [2.24, 2.45) is 0 Å². The molecule has 0 saturated heterocycles. The molecule has 3 N–H and O–H groups in total. The van der Waals surface area contributed by atoms with E-state index in [9.17, 15) is 0 Å². The first-order valence-corrected chi connectivity index (χ1v) is 12.3. The Labute approximate surface area is 215 Å². The summed E-state index contributed by atoms with van der Waals surface area (Å²) in [5.41, 5.74) is 13.4. The molecule has 0 unspecified atom stereocenters. The average molecular weight is 486 g/mol. The van der Waals surface area contributed by atoms with Crippen LogP contribution in [0.2, 0.25) is 0 Å². The van der Waals surface area contributed by atoms with Gasteiger partial charge in [-0.05, 0) is 43.3 Å². The molecule has 0 fully saturated rings. The van der Waals surface area contributed by atoms with Gasteiger partial charge in [0.25, 0.3) is 0 Å². The first-order chi connectivity index (χ1) is 18.2. The van der Waals surface area contributed by atoms with Crippen molar-refractivity contribution in [3.05, 3.63) is 97.1 Å². The topological polar surface area (TPSA) is 78.0 Å². The average Bonchev–Trinajstić information content (AvgIpc) is 3.24. The van der Waals surface area contributed by atoms with Crippen molar-refractivity contribution < 1.29 is 4.74 Å². The number of aromatic nitrogens is 3. The fraction of sp³-hybridized carbons (Fsp3) is 0.0968. The van der Waals surface area contributed by atoms with Gasteiger partial charge in [0.2, 0.25) is 0 Å². The summed E-state index contributed by atoms with van der Waals surface area (Å²) < 4.78 is 7.68. The van der Waals surface area contributed by atoms with E-state index in [0.717, 1.165) is 68.1 Å². The molecule has 4 aromatic carbocycles. The van der Waals surface area contributed by atoms with Crippen LogP contribution in [-0.4, -0.2) is 21.6 Å². The lowest BCUT2D eigenvalue weighted by molar-refractivity contribution is 0.415. The van der Waals surface area contributed by atoms with Crippen LogP contribution in [0.4, 0.5) is 17.2 Å². The molecule has 182 valence electrons. The highest BCUT2D eigenvalue weighted by Gasteiger charge is 2.17. The van der Waals surface area contributed by atoms with E-state index in [4.69, 9.17) is 20.4 Å². The molecule has 2 aromatic heterocycles. The second kappa shape index (κ2) is 9.32. The number of methoxy groups -OCH3 is 1. The van der Waals surface area contributed by atoms with Crippen LogP contribution in [0.25, 0.3) is 44.5 Å². The third-order valence-corrected chi connectivity index (χ3v) is 6.68. The van der Waals surface area contributed by atoms with Gasteiger partial charge in [-0.2, -0.15) is 0 Å². The van der Waals surface area contributed by atoms with Gasteiger partial charge >= 0.3 is 0 Å². The lowest BCUT2D eigenvalue weighted by atomic mass is 10.1. The van der Waals surface area contributed by atoms with Crippen LogP contribution in [0.1, 0.15) is 6.92 Å². The van der Waals surface area contributed by atoms with Crippen LogP contribution < -0.4 is 15.8 Å². The number of aryl methyl sites for hydroxylation is 1. The highest BCUT2D eigenvalue weighted by Crippen LogP contribution is 2.38. The zero-order valence-electron chi connectivity index (χ0n) is 20.8. The molecular weight excluding hydrogens is 458 g/mol. The van der Waals surface area contributed by atoms with Crippen LogP contribution in [-0.2, 0) is 6.54 Å². The highest BCUT2D eigenvalue weighted by molar-refractivity contribution is 6.01. The molecule has 0 aliphatic rings. The number of benzene rings is 4. The minimum absolute atomic E-state index is 0.689. The van der Waals surface area contributed by atoms with Gasteiger partial charge in [0, 0.05) is 40.2 Å². The van der Waals surface area contributed by atoms with Gasteiger partial charge in [-0.1, -0.05) is 54.6 Å². The van der Waals surface area contributed by atoms with Gasteiger partial charge in [0.05, 0.1) is 29.5 Å². The Bertz CT molecular complexity index is 1720. The van der Waals surface area contributed by atoms with E-state index >= 15 is 0 Å². The van der Waals surface area contributed by atoms with Crippen molar-refractivity contribution >= 4 is 39.0 Å². The van der Waals surface area contributed by atoms with E-state index in [2.05, 4.69) is 41.1 Å². The summed E-state index contributed by atoms with van der Waals surface area (Å²) in [6, 6.07) is 32.4. The van der Waals surface area contributed by atoms with Gasteiger partial charge in [0.15, 0.2) is 5.82 Å². The largest absolute Gasteiger partial charge is 0.497 e. The Morgan fingerprint density at radius 1 is 0.811 bits per heavy atom. The van der Waals surface area contributed by atoms with Crippen molar-refractivity contribution in [3.8, 4) is 28.4 Å². The number of rotatable bonds is 6. The number of para-hydroxylation sites is 1. The van der Waals surface area contributed by atoms with E-state index in [1.807, 2.05) is 72.8 Å². The molecule has 2 heterocycles. The van der Waals surface area contributed by atoms with Crippen molar-refractivity contribution in [2.45, 2.75) is 13.5 Å². The summed E-state index contributed by atoms with van der Waals surface area (Å²) in [4.78, 5) is 9.66. The fourth-order valence-electron chi connectivity index (χ4n) is 4.86. The minimum atomic E-state index is 0.689. The molecule has 0 radical (unpaired) electrons. The monoisotopic (exact) mass is 485 g/mol. The van der Waals surface area contributed by atoms with Gasteiger partial charge in [-0.15, -0.1) is 0 Å². The van der Waals surface area contributed by atoms with Crippen molar-refractivity contribution in [1.82, 2.24) is 14.5 Å². The van der Waals surface area contributed by atoms with Crippen molar-refractivity contribution in [3.63, 3.8) is 0 Å². The SMILES string of the molecule is CCn1c(-c2ccc(Nc3nc(-c4ccccc4)nc4ccccc34)cc2)c(N)c2ccc(OC)cc21. The maximum absolute atomic E-state index is 6.64. The smallest absolute Gasteiger partial charge is 0.162 e. The summed E-state index contributed by atoms with van der Waals surface area (Å²) >= 11 is 0. The lowest BCUT2D eigenvalue weighted by Gasteiger charge is -2.13. The molecule has 6 rings (SSSR count). The molecule has 37 heavy (non-hydrogen) atoms. The third kappa shape index (κ3) is 4.02. The van der Waals surface area contributed by atoms with E-state index in [-0.39, 0.29) is 0 Å². The maximum atomic E-state index is 6.64. The number of nitrogen functional groups attached to an aromatic ring is 1. The normalized spacial score (nSPS) is 11.2. The number of ether oxygens (including phenoxy) is 1. The first kappa shape index (κ1) is 22.6. The number of fused-ring (bicyclic) bond motifs is 2. The predicted molar refractivity (Wildman–Crippen MR) is 152 cm³/mol. The van der Waals surface area contributed by atoms with Crippen LogP contribution in [0.15, 0.2) is 97.1 Å². The molecule has 6 heteroatoms. The number of anilines is 3. The number of nitrogens with two attached hydrogens (primary N) is 1. The molecule has 6 nitrogen and oxygen atoms in total. The Hall–Kier alpha value is -4.84. The first-order valence-electron chi connectivity index (χ1n) is 12.3. The molecule has 0 saturated carbocycles. The predicted octanol–water partition coefficient (Wildman–Crippen LogP) is 7.27. The van der Waals surface area contributed by atoms with Gasteiger partial charge in [0.1, 0.15) is 11.6 Å². The number of hydrogen-bond donors (Lipinski definition) is 2. The molecular formula is C31H27N5O. The minimum Gasteiger partial charge on any atom is -0.497 e. The van der Waals surface area contributed by atoms with Crippen LogP contribution in [0.3, 0.4) is 0 Å². The second-order valence-corrected chi connectivity index (χ2v) is 8.87. The highest BCUT2D eigenvalue weighted by atomic mass is 16.5. The molecule has 0 aliphatic heterocycles. The Balaban J connectivity index is 1.39. The van der Waals surface area contributed by atoms with Crippen molar-refractivity contribution in [2.75, 3.05) is 18.2 Å². The zero-order valence-corrected chi connectivity index (χ0v) is 20.8. The van der Waals surface area contributed by atoms with Crippen molar-refractivity contribution in [1.29, 1.82) is 0 Å². The van der Waals surface area contributed by atoms with E-state index in [0.29, 0.717) is 5.82 Å². The summed E-state index contributed by atoms with van der Waals surface area (Å²) in [7, 11) is 1.68.